The maximum atomic E-state index is 12.8. The van der Waals surface area contributed by atoms with Gasteiger partial charge in [0.1, 0.15) is 5.69 Å². The predicted molar refractivity (Wildman–Crippen MR) is 117 cm³/mol. The van der Waals surface area contributed by atoms with E-state index in [-0.39, 0.29) is 5.91 Å². The van der Waals surface area contributed by atoms with Gasteiger partial charge in [-0.2, -0.15) is 5.10 Å². The number of fused-ring (bicyclic) bond motifs is 1. The molecule has 0 saturated heterocycles. The molecule has 0 spiro atoms. The molecular weight excluding hydrogens is 404 g/mol. The third-order valence-electron chi connectivity index (χ3n) is 4.62. The number of rotatable bonds is 3. The number of benzene rings is 1. The molecule has 32 heavy (non-hydrogen) atoms. The van der Waals surface area contributed by atoms with Crippen molar-refractivity contribution in [1.29, 1.82) is 0 Å². The van der Waals surface area contributed by atoms with Crippen molar-refractivity contribution in [3.63, 3.8) is 0 Å². The van der Waals surface area contributed by atoms with Crippen molar-refractivity contribution in [2.45, 2.75) is 6.92 Å². The van der Waals surface area contributed by atoms with Gasteiger partial charge < -0.3 is 5.32 Å². The minimum absolute atomic E-state index is 0.284. The van der Waals surface area contributed by atoms with Gasteiger partial charge in [0.25, 0.3) is 5.91 Å². The molecule has 0 radical (unpaired) electrons. The van der Waals surface area contributed by atoms with Crippen LogP contribution in [0.3, 0.4) is 0 Å². The number of anilines is 1. The molecule has 5 aromatic rings. The molecule has 0 unspecified atom stereocenters. The molecule has 4 heterocycles. The van der Waals surface area contributed by atoms with Gasteiger partial charge in [0.15, 0.2) is 5.65 Å². The molecule has 0 fully saturated rings. The van der Waals surface area contributed by atoms with Gasteiger partial charge >= 0.3 is 0 Å². The zero-order valence-corrected chi connectivity index (χ0v) is 17.0. The quantitative estimate of drug-likeness (QED) is 0.450. The first-order valence-electron chi connectivity index (χ1n) is 9.71. The fourth-order valence-corrected chi connectivity index (χ4v) is 3.20. The summed E-state index contributed by atoms with van der Waals surface area (Å²) < 4.78 is 3.29. The first-order valence-corrected chi connectivity index (χ1v) is 9.71. The van der Waals surface area contributed by atoms with Gasteiger partial charge in [-0.1, -0.05) is 11.1 Å². The largest absolute Gasteiger partial charge is 0.322 e. The van der Waals surface area contributed by atoms with E-state index < -0.39 is 0 Å². The monoisotopic (exact) mass is 420 g/mol. The number of hydrogen-bond acceptors (Lipinski definition) is 6. The molecule has 0 aliphatic heterocycles. The van der Waals surface area contributed by atoms with E-state index in [1.165, 1.54) is 6.20 Å². The van der Waals surface area contributed by atoms with Crippen LogP contribution in [-0.2, 0) is 0 Å². The van der Waals surface area contributed by atoms with Gasteiger partial charge in [-0.15, -0.1) is 5.10 Å². The minimum atomic E-state index is -0.284. The third-order valence-corrected chi connectivity index (χ3v) is 4.62. The summed E-state index contributed by atoms with van der Waals surface area (Å²) in [4.78, 5) is 21.3. The molecule has 154 valence electrons. The summed E-state index contributed by atoms with van der Waals surface area (Å²) in [7, 11) is 0. The molecule has 0 aliphatic carbocycles. The smallest absolute Gasteiger partial charge is 0.257 e. The summed E-state index contributed by atoms with van der Waals surface area (Å²) in [5, 5.41) is 15.0. The number of nitrogens with zero attached hydrogens (tertiary/aromatic N) is 7. The van der Waals surface area contributed by atoms with Crippen LogP contribution in [0.2, 0.25) is 0 Å². The van der Waals surface area contributed by atoms with Crippen LogP contribution in [0.25, 0.3) is 11.3 Å². The summed E-state index contributed by atoms with van der Waals surface area (Å²) in [5.41, 5.74) is 4.80. The Balaban J connectivity index is 1.38. The van der Waals surface area contributed by atoms with Crippen molar-refractivity contribution >= 4 is 17.2 Å². The predicted octanol–water partition coefficient (Wildman–Crippen LogP) is 2.67. The van der Waals surface area contributed by atoms with Gasteiger partial charge in [0.05, 0.1) is 29.8 Å². The molecular formula is C23H16N8O. The molecule has 1 amide bonds. The molecule has 5 rings (SSSR count). The Morgan fingerprint density at radius 2 is 2.00 bits per heavy atom. The SMILES string of the molecule is Cc1cc(NC(=O)c2cncc(C#Cc3cnc4cccnn34)c2)cc(-n2ccnn2)c1. The van der Waals surface area contributed by atoms with Crippen molar-refractivity contribution in [2.75, 3.05) is 5.32 Å². The van der Waals surface area contributed by atoms with Crippen molar-refractivity contribution in [3.05, 3.63) is 96.0 Å². The molecule has 1 aromatic carbocycles. The van der Waals surface area contributed by atoms with Crippen LogP contribution in [0.1, 0.15) is 27.2 Å². The summed E-state index contributed by atoms with van der Waals surface area (Å²) in [6, 6.07) is 11.0. The van der Waals surface area contributed by atoms with Crippen molar-refractivity contribution < 1.29 is 4.79 Å². The fraction of sp³-hybridized carbons (Fsp3) is 0.0435. The van der Waals surface area contributed by atoms with Gasteiger partial charge in [0.2, 0.25) is 0 Å². The molecule has 1 N–H and O–H groups in total. The zero-order chi connectivity index (χ0) is 21.9. The number of aryl methyl sites for hydroxylation is 1. The lowest BCUT2D eigenvalue weighted by Gasteiger charge is -2.09. The van der Waals surface area contributed by atoms with E-state index in [0.717, 1.165) is 11.3 Å². The maximum Gasteiger partial charge on any atom is 0.257 e. The van der Waals surface area contributed by atoms with E-state index in [1.54, 1.807) is 46.2 Å². The highest BCUT2D eigenvalue weighted by molar-refractivity contribution is 6.04. The number of aromatic nitrogens is 7. The minimum Gasteiger partial charge on any atom is -0.322 e. The van der Waals surface area contributed by atoms with Crippen LogP contribution in [0, 0.1) is 18.8 Å². The van der Waals surface area contributed by atoms with Crippen LogP contribution in [0.15, 0.2) is 73.6 Å². The third kappa shape index (κ3) is 3.93. The average molecular weight is 420 g/mol. The molecule has 9 heteroatoms. The van der Waals surface area contributed by atoms with Crippen molar-refractivity contribution in [2.24, 2.45) is 0 Å². The van der Waals surface area contributed by atoms with E-state index in [0.29, 0.717) is 28.2 Å². The van der Waals surface area contributed by atoms with Gasteiger partial charge in [-0.25, -0.2) is 14.2 Å². The van der Waals surface area contributed by atoms with Gasteiger partial charge in [0, 0.05) is 29.8 Å². The summed E-state index contributed by atoms with van der Waals surface area (Å²) in [5.74, 6) is 5.77. The number of pyridine rings is 1. The molecule has 9 nitrogen and oxygen atoms in total. The van der Waals surface area contributed by atoms with Crippen LogP contribution < -0.4 is 5.32 Å². The van der Waals surface area contributed by atoms with E-state index in [2.05, 4.69) is 42.5 Å². The molecule has 0 bridgehead atoms. The summed E-state index contributed by atoms with van der Waals surface area (Å²) in [6.07, 6.45) is 9.78. The van der Waals surface area contributed by atoms with Gasteiger partial charge in [-0.3, -0.25) is 9.78 Å². The molecule has 0 aliphatic rings. The summed E-state index contributed by atoms with van der Waals surface area (Å²) in [6.45, 7) is 1.95. The van der Waals surface area contributed by atoms with Crippen LogP contribution in [0.4, 0.5) is 5.69 Å². The van der Waals surface area contributed by atoms with Crippen LogP contribution >= 0.6 is 0 Å². The fourth-order valence-electron chi connectivity index (χ4n) is 3.20. The standard InChI is InChI=1S/C23H16N8O/c1-16-9-19(12-21(10-16)30-8-7-26-29-30)28-23(32)18-11-17(13-24-14-18)4-5-20-15-25-22-3-2-6-27-31(20)22/h2-3,6-15H,1H3,(H,28,32). The van der Waals surface area contributed by atoms with E-state index >= 15 is 0 Å². The van der Waals surface area contributed by atoms with Crippen LogP contribution in [-0.4, -0.2) is 40.5 Å². The Hall–Kier alpha value is -4.84. The highest BCUT2D eigenvalue weighted by atomic mass is 16.1. The molecule has 4 aromatic heterocycles. The first-order chi connectivity index (χ1) is 15.7. The normalized spacial score (nSPS) is 10.5. The van der Waals surface area contributed by atoms with E-state index in [9.17, 15) is 4.79 Å². The first kappa shape index (κ1) is 19.1. The number of amides is 1. The average Bonchev–Trinajstić information content (AvgIpc) is 3.48. The zero-order valence-electron chi connectivity index (χ0n) is 17.0. The Labute approximate surface area is 182 Å². The lowest BCUT2D eigenvalue weighted by Crippen LogP contribution is -2.13. The number of carbonyl (C=O) groups excluding carboxylic acids is 1. The second-order valence-electron chi connectivity index (χ2n) is 7.01. The number of hydrogen-bond donors (Lipinski definition) is 1. The number of carbonyl (C=O) groups is 1. The highest BCUT2D eigenvalue weighted by Gasteiger charge is 2.09. The Bertz CT molecular complexity index is 1490. The van der Waals surface area contributed by atoms with Crippen molar-refractivity contribution in [3.8, 4) is 17.5 Å². The Morgan fingerprint density at radius 1 is 1.06 bits per heavy atom. The second kappa shape index (κ2) is 8.12. The number of imidazole rings is 1. The number of nitrogens with one attached hydrogen (secondary N) is 1. The second-order valence-corrected chi connectivity index (χ2v) is 7.01. The highest BCUT2D eigenvalue weighted by Crippen LogP contribution is 2.18. The molecule has 0 saturated carbocycles. The van der Waals surface area contributed by atoms with E-state index in [4.69, 9.17) is 0 Å². The molecule has 0 atom stereocenters. The van der Waals surface area contributed by atoms with Crippen molar-refractivity contribution in [1.82, 2.24) is 34.6 Å². The Kier molecular flexibility index (Phi) is 4.86. The van der Waals surface area contributed by atoms with Crippen LogP contribution in [0.5, 0.6) is 0 Å². The van der Waals surface area contributed by atoms with Gasteiger partial charge in [-0.05, 0) is 54.8 Å². The maximum absolute atomic E-state index is 12.8. The topological polar surface area (TPSA) is 103 Å². The van der Waals surface area contributed by atoms with E-state index in [1.807, 2.05) is 37.3 Å². The Morgan fingerprint density at radius 3 is 2.88 bits per heavy atom. The summed E-state index contributed by atoms with van der Waals surface area (Å²) >= 11 is 0. The lowest BCUT2D eigenvalue weighted by molar-refractivity contribution is 0.102. The lowest BCUT2D eigenvalue weighted by atomic mass is 10.1.